The highest BCUT2D eigenvalue weighted by molar-refractivity contribution is 6.18. The van der Waals surface area contributed by atoms with Crippen LogP contribution < -0.4 is 9.47 Å². The molecule has 1 aromatic carbocycles. The molecule has 6 heteroatoms. The molecule has 110 valence electrons. The van der Waals surface area contributed by atoms with Crippen LogP contribution >= 0.6 is 23.2 Å². The van der Waals surface area contributed by atoms with Crippen LogP contribution in [-0.2, 0) is 4.79 Å². The highest BCUT2D eigenvalue weighted by atomic mass is 35.5. The molecule has 1 heterocycles. The maximum atomic E-state index is 12.2. The first kappa shape index (κ1) is 15.3. The molecule has 0 aliphatic carbocycles. The van der Waals surface area contributed by atoms with E-state index in [9.17, 15) is 4.79 Å². The van der Waals surface area contributed by atoms with E-state index in [0.717, 1.165) is 5.75 Å². The van der Waals surface area contributed by atoms with Crippen molar-refractivity contribution in [2.24, 2.45) is 0 Å². The number of benzene rings is 1. The standard InChI is InChI=1S/C14H17Cl2NO3/c15-5-7-17(8-6-16)14(18)9-11-10-19-12-3-1-2-4-13(12)20-11/h1-4,11H,5-10H2/t11-/m1/s1. The van der Waals surface area contributed by atoms with Gasteiger partial charge in [-0.3, -0.25) is 4.79 Å². The summed E-state index contributed by atoms with van der Waals surface area (Å²) in [6.45, 7) is 1.37. The van der Waals surface area contributed by atoms with E-state index in [1.165, 1.54) is 0 Å². The molecule has 0 aromatic heterocycles. The van der Waals surface area contributed by atoms with Gasteiger partial charge < -0.3 is 14.4 Å². The number of amides is 1. The molecule has 0 N–H and O–H groups in total. The van der Waals surface area contributed by atoms with Gasteiger partial charge in [0, 0.05) is 24.8 Å². The van der Waals surface area contributed by atoms with E-state index in [2.05, 4.69) is 0 Å². The number of carbonyl (C=O) groups excluding carboxylic acids is 1. The van der Waals surface area contributed by atoms with Gasteiger partial charge >= 0.3 is 0 Å². The highest BCUT2D eigenvalue weighted by Gasteiger charge is 2.25. The minimum absolute atomic E-state index is 0.0146. The average Bonchev–Trinajstić information content (AvgIpc) is 2.47. The first-order valence-electron chi connectivity index (χ1n) is 6.52. The second-order valence-electron chi connectivity index (χ2n) is 4.46. The van der Waals surface area contributed by atoms with Crippen LogP contribution in [0.3, 0.4) is 0 Å². The molecule has 0 saturated heterocycles. The van der Waals surface area contributed by atoms with E-state index < -0.39 is 0 Å². The van der Waals surface area contributed by atoms with Crippen molar-refractivity contribution in [1.82, 2.24) is 4.90 Å². The SMILES string of the molecule is O=C(C[C@@H]1COc2ccccc2O1)N(CCCl)CCCl. The summed E-state index contributed by atoms with van der Waals surface area (Å²) < 4.78 is 11.4. The molecule has 1 atom stereocenters. The number of ether oxygens (including phenoxy) is 2. The van der Waals surface area contributed by atoms with Crippen LogP contribution in [0.1, 0.15) is 6.42 Å². The Morgan fingerprint density at radius 2 is 1.85 bits per heavy atom. The van der Waals surface area contributed by atoms with Crippen LogP contribution in [0.25, 0.3) is 0 Å². The zero-order valence-corrected chi connectivity index (χ0v) is 12.6. The maximum absolute atomic E-state index is 12.2. The normalized spacial score (nSPS) is 16.8. The number of carbonyl (C=O) groups is 1. The summed E-state index contributed by atoms with van der Waals surface area (Å²) in [4.78, 5) is 13.8. The van der Waals surface area contributed by atoms with Crippen LogP contribution in [0, 0.1) is 0 Å². The molecule has 0 radical (unpaired) electrons. The molecule has 0 unspecified atom stereocenters. The summed E-state index contributed by atoms with van der Waals surface area (Å²) in [6.07, 6.45) is -0.00665. The lowest BCUT2D eigenvalue weighted by Gasteiger charge is -2.28. The van der Waals surface area contributed by atoms with Gasteiger partial charge in [-0.1, -0.05) is 12.1 Å². The van der Waals surface area contributed by atoms with Gasteiger partial charge in [-0.25, -0.2) is 0 Å². The molecule has 2 rings (SSSR count). The summed E-state index contributed by atoms with van der Waals surface area (Å²) >= 11 is 11.4. The van der Waals surface area contributed by atoms with Gasteiger partial charge in [-0.15, -0.1) is 23.2 Å². The monoisotopic (exact) mass is 317 g/mol. The Morgan fingerprint density at radius 3 is 2.50 bits per heavy atom. The molecule has 0 spiro atoms. The van der Waals surface area contributed by atoms with Crippen LogP contribution in [-0.4, -0.2) is 48.4 Å². The van der Waals surface area contributed by atoms with Crippen molar-refractivity contribution in [3.05, 3.63) is 24.3 Å². The van der Waals surface area contributed by atoms with Crippen LogP contribution in [0.15, 0.2) is 24.3 Å². The topological polar surface area (TPSA) is 38.8 Å². The van der Waals surface area contributed by atoms with E-state index in [4.69, 9.17) is 32.7 Å². The summed E-state index contributed by atoms with van der Waals surface area (Å²) in [6, 6.07) is 7.44. The molecule has 20 heavy (non-hydrogen) atoms. The summed E-state index contributed by atoms with van der Waals surface area (Å²) in [7, 11) is 0. The smallest absolute Gasteiger partial charge is 0.226 e. The Labute approximate surface area is 128 Å². The molecule has 1 aliphatic heterocycles. The van der Waals surface area contributed by atoms with Gasteiger partial charge in [0.2, 0.25) is 5.91 Å². The number of alkyl halides is 2. The zero-order valence-electron chi connectivity index (χ0n) is 11.1. The Morgan fingerprint density at radius 1 is 1.20 bits per heavy atom. The lowest BCUT2D eigenvalue weighted by Crippen LogP contribution is -2.40. The minimum atomic E-state index is -0.273. The molecular weight excluding hydrogens is 301 g/mol. The van der Waals surface area contributed by atoms with Crippen LogP contribution in [0.5, 0.6) is 11.5 Å². The molecule has 1 aromatic rings. The lowest BCUT2D eigenvalue weighted by atomic mass is 10.2. The molecule has 1 aliphatic rings. The van der Waals surface area contributed by atoms with Crippen molar-refractivity contribution in [2.75, 3.05) is 31.5 Å². The van der Waals surface area contributed by atoms with Crippen molar-refractivity contribution in [1.29, 1.82) is 0 Å². The number of para-hydroxylation sites is 2. The molecule has 0 bridgehead atoms. The second-order valence-corrected chi connectivity index (χ2v) is 5.22. The fourth-order valence-electron chi connectivity index (χ4n) is 2.05. The molecule has 4 nitrogen and oxygen atoms in total. The third-order valence-corrected chi connectivity index (χ3v) is 3.37. The van der Waals surface area contributed by atoms with Gasteiger partial charge in [0.05, 0.1) is 6.42 Å². The van der Waals surface area contributed by atoms with Gasteiger partial charge in [0.25, 0.3) is 0 Å². The van der Waals surface area contributed by atoms with Crippen molar-refractivity contribution >= 4 is 29.1 Å². The minimum Gasteiger partial charge on any atom is -0.486 e. The molecular formula is C14H17Cl2NO3. The third-order valence-electron chi connectivity index (χ3n) is 3.03. The highest BCUT2D eigenvalue weighted by Crippen LogP contribution is 2.31. The van der Waals surface area contributed by atoms with Gasteiger partial charge in [-0.05, 0) is 12.1 Å². The summed E-state index contributed by atoms with van der Waals surface area (Å²) in [5.41, 5.74) is 0. The zero-order chi connectivity index (χ0) is 14.4. The lowest BCUT2D eigenvalue weighted by molar-refractivity contribution is -0.133. The van der Waals surface area contributed by atoms with Gasteiger partial charge in [-0.2, -0.15) is 0 Å². The van der Waals surface area contributed by atoms with E-state index in [0.29, 0.717) is 37.2 Å². The fourth-order valence-corrected chi connectivity index (χ4v) is 2.46. The predicted octanol–water partition coefficient (Wildman–Crippen LogP) is 2.52. The first-order chi connectivity index (χ1) is 9.74. The number of rotatable bonds is 6. The van der Waals surface area contributed by atoms with E-state index in [-0.39, 0.29) is 18.4 Å². The quantitative estimate of drug-likeness (QED) is 0.757. The molecule has 0 fully saturated rings. The molecule has 0 saturated carbocycles. The number of nitrogens with zero attached hydrogens (tertiary/aromatic N) is 1. The van der Waals surface area contributed by atoms with E-state index in [1.54, 1.807) is 4.90 Å². The Balaban J connectivity index is 1.92. The summed E-state index contributed by atoms with van der Waals surface area (Å²) in [5, 5.41) is 0. The Hall–Kier alpha value is -1.13. The Kier molecular flexibility index (Phi) is 5.80. The van der Waals surface area contributed by atoms with Crippen molar-refractivity contribution in [2.45, 2.75) is 12.5 Å². The van der Waals surface area contributed by atoms with E-state index in [1.807, 2.05) is 24.3 Å². The van der Waals surface area contributed by atoms with Gasteiger partial charge in [0.1, 0.15) is 12.7 Å². The van der Waals surface area contributed by atoms with E-state index >= 15 is 0 Å². The van der Waals surface area contributed by atoms with Crippen molar-refractivity contribution in [3.63, 3.8) is 0 Å². The number of halogens is 2. The predicted molar refractivity (Wildman–Crippen MR) is 79.0 cm³/mol. The van der Waals surface area contributed by atoms with Gasteiger partial charge in [0.15, 0.2) is 11.5 Å². The van der Waals surface area contributed by atoms with Crippen molar-refractivity contribution < 1.29 is 14.3 Å². The number of hydrogen-bond donors (Lipinski definition) is 0. The third kappa shape index (κ3) is 3.93. The largest absolute Gasteiger partial charge is 0.486 e. The average molecular weight is 318 g/mol. The Bertz CT molecular complexity index is 450. The second kappa shape index (κ2) is 7.60. The molecule has 1 amide bonds. The van der Waals surface area contributed by atoms with Crippen molar-refractivity contribution in [3.8, 4) is 11.5 Å². The summed E-state index contributed by atoms with van der Waals surface area (Å²) in [5.74, 6) is 2.17. The maximum Gasteiger partial charge on any atom is 0.226 e. The fraction of sp³-hybridized carbons (Fsp3) is 0.500. The number of hydrogen-bond acceptors (Lipinski definition) is 3. The number of fused-ring (bicyclic) bond motifs is 1. The van der Waals surface area contributed by atoms with Crippen LogP contribution in [0.4, 0.5) is 0 Å². The first-order valence-corrected chi connectivity index (χ1v) is 7.59. The van der Waals surface area contributed by atoms with Crippen LogP contribution in [0.2, 0.25) is 0 Å².